The minimum absolute atomic E-state index is 0.0766. The Morgan fingerprint density at radius 3 is 2.68 bits per heavy atom. The second-order valence-electron chi connectivity index (χ2n) is 6.67. The largest absolute Gasteiger partial charge is 0.353 e. The molecule has 3 rings (SSSR count). The normalized spacial score (nSPS) is 15.0. The van der Waals surface area contributed by atoms with Crippen LogP contribution in [0.15, 0.2) is 34.8 Å². The number of nitrogens with zero attached hydrogens (tertiary/aromatic N) is 8. The first-order valence-corrected chi connectivity index (χ1v) is 9.27. The van der Waals surface area contributed by atoms with Gasteiger partial charge in [-0.1, -0.05) is 6.08 Å². The average molecular weight is 385 g/mol. The Morgan fingerprint density at radius 1 is 1.29 bits per heavy atom. The van der Waals surface area contributed by atoms with Crippen LogP contribution in [-0.4, -0.2) is 67.9 Å². The number of aromatic nitrogens is 5. The van der Waals surface area contributed by atoms with E-state index in [1.807, 2.05) is 23.4 Å². The first kappa shape index (κ1) is 19.6. The van der Waals surface area contributed by atoms with Gasteiger partial charge in [-0.15, -0.1) is 16.8 Å². The summed E-state index contributed by atoms with van der Waals surface area (Å²) in [7, 11) is 3.67. The van der Waals surface area contributed by atoms with Crippen LogP contribution in [-0.2, 0) is 20.6 Å². The molecule has 1 fully saturated rings. The molecule has 1 aliphatic heterocycles. The Labute approximate surface area is 164 Å². The highest BCUT2D eigenvalue weighted by Gasteiger charge is 2.22. The molecule has 10 heteroatoms. The van der Waals surface area contributed by atoms with E-state index in [9.17, 15) is 4.79 Å². The van der Waals surface area contributed by atoms with Gasteiger partial charge in [-0.3, -0.25) is 4.79 Å². The number of hydrogen-bond donors (Lipinski definition) is 1. The molecule has 0 unspecified atom stereocenters. The summed E-state index contributed by atoms with van der Waals surface area (Å²) in [5.41, 5.74) is -0.0766. The third-order valence-electron chi connectivity index (χ3n) is 4.83. The summed E-state index contributed by atoms with van der Waals surface area (Å²) in [5, 5.41) is 11.6. The Hall–Kier alpha value is -3.17. The van der Waals surface area contributed by atoms with Gasteiger partial charge in [0.2, 0.25) is 0 Å². The number of aliphatic imine (C=N–C) groups is 1. The molecule has 3 heterocycles. The van der Waals surface area contributed by atoms with Crippen LogP contribution in [0.25, 0.3) is 0 Å². The molecule has 28 heavy (non-hydrogen) atoms. The van der Waals surface area contributed by atoms with Crippen LogP contribution in [0.1, 0.15) is 11.6 Å². The summed E-state index contributed by atoms with van der Waals surface area (Å²) in [5.74, 6) is 2.97. The van der Waals surface area contributed by atoms with Crippen molar-refractivity contribution < 1.29 is 0 Å². The Bertz CT molecular complexity index is 906. The molecule has 0 bridgehead atoms. The SMILES string of the molecule is C=CCNC(=NCc1nnc(C)n1C)N1CCN(c2nccn(C)c2=O)CC1. The molecule has 2 aromatic rings. The lowest BCUT2D eigenvalue weighted by molar-refractivity contribution is 0.371. The minimum Gasteiger partial charge on any atom is -0.353 e. The van der Waals surface area contributed by atoms with Crippen LogP contribution in [0.4, 0.5) is 5.82 Å². The lowest BCUT2D eigenvalue weighted by Gasteiger charge is -2.36. The van der Waals surface area contributed by atoms with E-state index in [1.54, 1.807) is 30.1 Å². The molecule has 0 spiro atoms. The number of hydrogen-bond acceptors (Lipinski definition) is 6. The zero-order valence-electron chi connectivity index (χ0n) is 16.7. The lowest BCUT2D eigenvalue weighted by Crippen LogP contribution is -2.53. The summed E-state index contributed by atoms with van der Waals surface area (Å²) >= 11 is 0. The molecule has 1 N–H and O–H groups in total. The first-order chi connectivity index (χ1) is 13.5. The van der Waals surface area contributed by atoms with Crippen molar-refractivity contribution in [1.82, 2.24) is 34.5 Å². The van der Waals surface area contributed by atoms with Crippen molar-refractivity contribution in [2.75, 3.05) is 37.6 Å². The van der Waals surface area contributed by atoms with Crippen LogP contribution in [0.3, 0.4) is 0 Å². The van der Waals surface area contributed by atoms with E-state index in [-0.39, 0.29) is 5.56 Å². The molecule has 0 saturated carbocycles. The molecule has 0 amide bonds. The highest BCUT2D eigenvalue weighted by Crippen LogP contribution is 2.09. The van der Waals surface area contributed by atoms with E-state index < -0.39 is 0 Å². The molecule has 1 aliphatic rings. The number of rotatable bonds is 5. The van der Waals surface area contributed by atoms with E-state index in [4.69, 9.17) is 4.99 Å². The number of piperazine rings is 1. The van der Waals surface area contributed by atoms with E-state index >= 15 is 0 Å². The van der Waals surface area contributed by atoms with Gasteiger partial charge in [0, 0.05) is 59.2 Å². The fourth-order valence-corrected chi connectivity index (χ4v) is 3.00. The van der Waals surface area contributed by atoms with E-state index in [1.165, 1.54) is 0 Å². The van der Waals surface area contributed by atoms with Crippen LogP contribution < -0.4 is 15.8 Å². The standard InChI is InChI=1S/C18H27N9O/c1-5-6-20-18(21-13-15-23-22-14(2)25(15)4)27-11-9-26(10-12-27)16-17(28)24(3)8-7-19-16/h5,7-8H,1,6,9-13H2,2-4H3,(H,20,21). The second-order valence-corrected chi connectivity index (χ2v) is 6.67. The summed E-state index contributed by atoms with van der Waals surface area (Å²) in [6.45, 7) is 9.62. The van der Waals surface area contributed by atoms with Crippen molar-refractivity contribution in [2.24, 2.45) is 19.1 Å². The first-order valence-electron chi connectivity index (χ1n) is 9.27. The second kappa shape index (κ2) is 8.68. The van der Waals surface area contributed by atoms with Gasteiger partial charge in [-0.2, -0.15) is 0 Å². The van der Waals surface area contributed by atoms with Gasteiger partial charge in [0.05, 0.1) is 0 Å². The van der Waals surface area contributed by atoms with Crippen molar-refractivity contribution in [1.29, 1.82) is 0 Å². The monoisotopic (exact) mass is 385 g/mol. The van der Waals surface area contributed by atoms with Gasteiger partial charge in [0.15, 0.2) is 17.6 Å². The molecule has 0 aromatic carbocycles. The van der Waals surface area contributed by atoms with Crippen molar-refractivity contribution in [3.8, 4) is 0 Å². The third kappa shape index (κ3) is 4.21. The van der Waals surface area contributed by atoms with Gasteiger partial charge in [-0.25, -0.2) is 9.98 Å². The lowest BCUT2D eigenvalue weighted by atomic mass is 10.3. The Kier molecular flexibility index (Phi) is 6.07. The Morgan fingerprint density at radius 2 is 2.04 bits per heavy atom. The number of anilines is 1. The summed E-state index contributed by atoms with van der Waals surface area (Å²) < 4.78 is 3.49. The van der Waals surface area contributed by atoms with Crippen molar-refractivity contribution >= 4 is 11.8 Å². The molecule has 2 aromatic heterocycles. The molecular formula is C18H27N9O. The maximum Gasteiger partial charge on any atom is 0.293 e. The van der Waals surface area contributed by atoms with Crippen LogP contribution in [0.2, 0.25) is 0 Å². The average Bonchev–Trinajstić information content (AvgIpc) is 3.03. The van der Waals surface area contributed by atoms with Crippen molar-refractivity contribution in [3.63, 3.8) is 0 Å². The molecular weight excluding hydrogens is 358 g/mol. The van der Waals surface area contributed by atoms with Crippen LogP contribution >= 0.6 is 0 Å². The smallest absolute Gasteiger partial charge is 0.293 e. The van der Waals surface area contributed by atoms with E-state index in [0.717, 1.165) is 30.7 Å². The molecule has 0 aliphatic carbocycles. The molecule has 10 nitrogen and oxygen atoms in total. The summed E-state index contributed by atoms with van der Waals surface area (Å²) in [6.07, 6.45) is 5.13. The topological polar surface area (TPSA) is 96.5 Å². The predicted molar refractivity (Wildman–Crippen MR) is 108 cm³/mol. The highest BCUT2D eigenvalue weighted by atomic mass is 16.1. The summed E-state index contributed by atoms with van der Waals surface area (Å²) in [4.78, 5) is 25.5. The van der Waals surface area contributed by atoms with E-state index in [2.05, 4.69) is 32.0 Å². The number of nitrogens with one attached hydrogen (secondary N) is 1. The quantitative estimate of drug-likeness (QED) is 0.428. The fraction of sp³-hybridized carbons (Fsp3) is 0.500. The minimum atomic E-state index is -0.0766. The van der Waals surface area contributed by atoms with Crippen molar-refractivity contribution in [3.05, 3.63) is 47.1 Å². The predicted octanol–water partition coefficient (Wildman–Crippen LogP) is -0.329. The maximum atomic E-state index is 12.3. The van der Waals surface area contributed by atoms with Crippen LogP contribution in [0.5, 0.6) is 0 Å². The number of aryl methyl sites for hydroxylation is 2. The molecule has 1 saturated heterocycles. The summed E-state index contributed by atoms with van der Waals surface area (Å²) in [6, 6.07) is 0. The Balaban J connectivity index is 1.69. The third-order valence-corrected chi connectivity index (χ3v) is 4.83. The van der Waals surface area contributed by atoms with Gasteiger partial charge >= 0.3 is 0 Å². The molecule has 0 atom stereocenters. The highest BCUT2D eigenvalue weighted by molar-refractivity contribution is 5.80. The van der Waals surface area contributed by atoms with E-state index in [0.29, 0.717) is 32.0 Å². The molecule has 150 valence electrons. The van der Waals surface area contributed by atoms with Gasteiger partial charge < -0.3 is 24.3 Å². The maximum absolute atomic E-state index is 12.3. The van der Waals surface area contributed by atoms with Crippen molar-refractivity contribution in [2.45, 2.75) is 13.5 Å². The molecule has 0 radical (unpaired) electrons. The number of guanidine groups is 1. The zero-order chi connectivity index (χ0) is 20.1. The fourth-order valence-electron chi connectivity index (χ4n) is 3.00. The van der Waals surface area contributed by atoms with Gasteiger partial charge in [0.25, 0.3) is 5.56 Å². The zero-order valence-corrected chi connectivity index (χ0v) is 16.7. The van der Waals surface area contributed by atoms with Gasteiger partial charge in [-0.05, 0) is 6.92 Å². The van der Waals surface area contributed by atoms with Crippen LogP contribution in [0, 0.1) is 6.92 Å². The van der Waals surface area contributed by atoms with Gasteiger partial charge in [0.1, 0.15) is 12.4 Å².